The van der Waals surface area contributed by atoms with Crippen molar-refractivity contribution in [2.75, 3.05) is 4.90 Å². The smallest absolute Gasteiger partial charge is 0.0746 e. The quantitative estimate of drug-likeness (QED) is 0.163. The first-order valence-corrected chi connectivity index (χ1v) is 20.9. The summed E-state index contributed by atoms with van der Waals surface area (Å²) >= 11 is 0. The van der Waals surface area contributed by atoms with Crippen LogP contribution in [0.15, 0.2) is 200 Å². The fourth-order valence-electron chi connectivity index (χ4n) is 11.8. The molecule has 0 N–H and O–H groups in total. The molecule has 3 aliphatic rings. The second-order valence-electron chi connectivity index (χ2n) is 17.1. The first-order valence-electron chi connectivity index (χ1n) is 20.9. The van der Waals surface area contributed by atoms with Crippen molar-refractivity contribution in [2.45, 2.75) is 24.7 Å². The topological polar surface area (TPSA) is 3.24 Å². The van der Waals surface area contributed by atoms with Crippen molar-refractivity contribution in [3.05, 3.63) is 234 Å². The standard InChI is InChI=1S/C58H39N/c1-57(2)49-27-11-7-23-44(49)46-25-15-31-53(55(46)57)59(36-33-34-41-39-19-4-3-17-37(39)38-18-5-6-20-40(38)48(41)35-36)54-32-16-26-47-45-24-10-14-30-52(45)58(56(47)54)50-28-12-8-21-42(50)43-22-9-13-29-51(43)58/h3-35H,1-2H3. The minimum Gasteiger partial charge on any atom is -0.310 e. The summed E-state index contributed by atoms with van der Waals surface area (Å²) in [6.45, 7) is 4.82. The number of anilines is 3. The fraction of sp³-hybridized carbons (Fsp3) is 0.0690. The lowest BCUT2D eigenvalue weighted by Gasteiger charge is -2.37. The summed E-state index contributed by atoms with van der Waals surface area (Å²) < 4.78 is 0. The summed E-state index contributed by atoms with van der Waals surface area (Å²) in [6.07, 6.45) is 0. The van der Waals surface area contributed by atoms with Gasteiger partial charge in [0.05, 0.1) is 16.8 Å². The molecule has 59 heavy (non-hydrogen) atoms. The Morgan fingerprint density at radius 1 is 0.305 bits per heavy atom. The molecule has 0 fully saturated rings. The van der Waals surface area contributed by atoms with Gasteiger partial charge in [-0.25, -0.2) is 0 Å². The van der Waals surface area contributed by atoms with Crippen LogP contribution >= 0.6 is 0 Å². The van der Waals surface area contributed by atoms with Crippen molar-refractivity contribution >= 4 is 49.4 Å². The summed E-state index contributed by atoms with van der Waals surface area (Å²) in [5.74, 6) is 0. The van der Waals surface area contributed by atoms with E-state index in [9.17, 15) is 0 Å². The van der Waals surface area contributed by atoms with Gasteiger partial charge in [0.25, 0.3) is 0 Å². The van der Waals surface area contributed by atoms with Crippen LogP contribution in [0.3, 0.4) is 0 Å². The molecule has 276 valence electrons. The van der Waals surface area contributed by atoms with E-state index in [2.05, 4.69) is 219 Å². The van der Waals surface area contributed by atoms with Crippen LogP contribution in [-0.4, -0.2) is 0 Å². The van der Waals surface area contributed by atoms with Crippen LogP contribution in [0.1, 0.15) is 47.2 Å². The molecule has 10 aromatic rings. The molecule has 1 heteroatoms. The third-order valence-electron chi connectivity index (χ3n) is 14.0. The highest BCUT2D eigenvalue weighted by Gasteiger charge is 2.53. The number of rotatable bonds is 3. The Balaban J connectivity index is 1.19. The van der Waals surface area contributed by atoms with Gasteiger partial charge in [0.15, 0.2) is 0 Å². The van der Waals surface area contributed by atoms with Gasteiger partial charge in [0.2, 0.25) is 0 Å². The molecule has 0 bridgehead atoms. The average molecular weight is 750 g/mol. The Labute approximate surface area is 344 Å². The van der Waals surface area contributed by atoms with E-state index >= 15 is 0 Å². The van der Waals surface area contributed by atoms with Gasteiger partial charge in [-0.05, 0) is 118 Å². The second kappa shape index (κ2) is 11.7. The number of hydrogen-bond acceptors (Lipinski definition) is 1. The van der Waals surface area contributed by atoms with Crippen LogP contribution in [-0.2, 0) is 10.8 Å². The van der Waals surface area contributed by atoms with E-state index in [1.54, 1.807) is 0 Å². The van der Waals surface area contributed by atoms with Crippen LogP contribution in [0, 0.1) is 0 Å². The molecule has 0 radical (unpaired) electrons. The van der Waals surface area contributed by atoms with Gasteiger partial charge < -0.3 is 4.90 Å². The molecule has 10 aromatic carbocycles. The summed E-state index contributed by atoms with van der Waals surface area (Å²) in [5, 5.41) is 7.67. The first-order chi connectivity index (χ1) is 29.1. The zero-order valence-electron chi connectivity index (χ0n) is 33.0. The Hall–Kier alpha value is -7.22. The van der Waals surface area contributed by atoms with E-state index in [1.165, 1.54) is 110 Å². The predicted molar refractivity (Wildman–Crippen MR) is 248 cm³/mol. The monoisotopic (exact) mass is 749 g/mol. The third-order valence-corrected chi connectivity index (χ3v) is 14.0. The molecule has 0 aliphatic heterocycles. The Bertz CT molecular complexity index is 3340. The molecule has 13 rings (SSSR count). The molecule has 0 amide bonds. The van der Waals surface area contributed by atoms with E-state index in [4.69, 9.17) is 0 Å². The number of fused-ring (bicyclic) bond motifs is 19. The second-order valence-corrected chi connectivity index (χ2v) is 17.1. The molecule has 3 aliphatic carbocycles. The van der Waals surface area contributed by atoms with Crippen LogP contribution < -0.4 is 4.90 Å². The van der Waals surface area contributed by atoms with Gasteiger partial charge in [-0.1, -0.05) is 190 Å². The molecule has 0 unspecified atom stereocenters. The lowest BCUT2D eigenvalue weighted by molar-refractivity contribution is 0.660. The predicted octanol–water partition coefficient (Wildman–Crippen LogP) is 15.3. The van der Waals surface area contributed by atoms with Gasteiger partial charge in [-0.2, -0.15) is 0 Å². The molecule has 1 spiro atoms. The minimum atomic E-state index is -0.510. The normalized spacial score (nSPS) is 14.5. The number of nitrogens with zero attached hydrogens (tertiary/aromatic N) is 1. The van der Waals surface area contributed by atoms with Crippen LogP contribution in [0.4, 0.5) is 17.1 Å². The summed E-state index contributed by atoms with van der Waals surface area (Å²) in [4.78, 5) is 2.63. The molecule has 1 nitrogen and oxygen atoms in total. The maximum Gasteiger partial charge on any atom is 0.0746 e. The van der Waals surface area contributed by atoms with Crippen LogP contribution in [0.5, 0.6) is 0 Å². The van der Waals surface area contributed by atoms with Crippen LogP contribution in [0.2, 0.25) is 0 Å². The van der Waals surface area contributed by atoms with E-state index < -0.39 is 5.41 Å². The third kappa shape index (κ3) is 4.09. The molecule has 0 aromatic heterocycles. The van der Waals surface area contributed by atoms with Gasteiger partial charge in [0, 0.05) is 16.7 Å². The largest absolute Gasteiger partial charge is 0.310 e. The molecular formula is C58H39N. The van der Waals surface area contributed by atoms with E-state index in [-0.39, 0.29) is 5.41 Å². The molecule has 0 saturated carbocycles. The highest BCUT2D eigenvalue weighted by atomic mass is 15.2. The SMILES string of the molecule is CC1(C)c2ccccc2-c2cccc(N(c3ccc4c5ccccc5c5ccccc5c4c3)c3cccc4c3C3(c5ccccc5-c5ccccc53)c3ccccc3-4)c21. The highest BCUT2D eigenvalue weighted by Crippen LogP contribution is 2.66. The van der Waals surface area contributed by atoms with Crippen molar-refractivity contribution in [2.24, 2.45) is 0 Å². The summed E-state index contributed by atoms with van der Waals surface area (Å²) in [5.41, 5.74) is 18.8. The minimum absolute atomic E-state index is 0.230. The number of benzene rings is 10. The van der Waals surface area contributed by atoms with Gasteiger partial charge >= 0.3 is 0 Å². The zero-order valence-corrected chi connectivity index (χ0v) is 33.0. The molecule has 0 saturated heterocycles. The average Bonchev–Trinajstić information content (AvgIpc) is 3.86. The highest BCUT2D eigenvalue weighted by molar-refractivity contribution is 6.26. The number of hydrogen-bond donors (Lipinski definition) is 0. The Kier molecular flexibility index (Phi) is 6.50. The van der Waals surface area contributed by atoms with Crippen molar-refractivity contribution in [3.8, 4) is 33.4 Å². The van der Waals surface area contributed by atoms with Crippen molar-refractivity contribution in [1.82, 2.24) is 0 Å². The van der Waals surface area contributed by atoms with E-state index in [0.717, 1.165) is 5.69 Å². The van der Waals surface area contributed by atoms with Crippen molar-refractivity contribution < 1.29 is 0 Å². The zero-order chi connectivity index (χ0) is 39.0. The van der Waals surface area contributed by atoms with Gasteiger partial charge in [-0.3, -0.25) is 0 Å². The Morgan fingerprint density at radius 2 is 0.678 bits per heavy atom. The Morgan fingerprint density at radius 3 is 1.22 bits per heavy atom. The lowest BCUT2D eigenvalue weighted by atomic mass is 9.70. The maximum absolute atomic E-state index is 2.63. The van der Waals surface area contributed by atoms with Gasteiger partial charge in [-0.15, -0.1) is 0 Å². The molecule has 0 atom stereocenters. The summed E-state index contributed by atoms with van der Waals surface area (Å²) in [7, 11) is 0. The fourth-order valence-corrected chi connectivity index (χ4v) is 11.8. The van der Waals surface area contributed by atoms with E-state index in [0.29, 0.717) is 0 Å². The van der Waals surface area contributed by atoms with Gasteiger partial charge in [0.1, 0.15) is 0 Å². The van der Waals surface area contributed by atoms with Crippen molar-refractivity contribution in [1.29, 1.82) is 0 Å². The summed E-state index contributed by atoms with van der Waals surface area (Å²) in [6, 6.07) is 75.6. The maximum atomic E-state index is 2.63. The lowest BCUT2D eigenvalue weighted by Crippen LogP contribution is -2.29. The first kappa shape index (κ1) is 32.8. The van der Waals surface area contributed by atoms with Crippen molar-refractivity contribution in [3.63, 3.8) is 0 Å². The van der Waals surface area contributed by atoms with E-state index in [1.807, 2.05) is 0 Å². The van der Waals surface area contributed by atoms with Crippen LogP contribution in [0.25, 0.3) is 65.7 Å². The molecule has 0 heterocycles. The molecular weight excluding hydrogens is 711 g/mol.